The number of carbonyl (C=O) groups is 2. The van der Waals surface area contributed by atoms with Gasteiger partial charge in [-0.2, -0.15) is 0 Å². The number of nitrogens with two attached hydrogens (primary N) is 1. The maximum Gasteiger partial charge on any atom is 0.243 e. The Morgan fingerprint density at radius 1 is 1.32 bits per heavy atom. The third-order valence-electron chi connectivity index (χ3n) is 2.43. The van der Waals surface area contributed by atoms with Crippen LogP contribution in [0.3, 0.4) is 0 Å². The first kappa shape index (κ1) is 15.1. The van der Waals surface area contributed by atoms with E-state index in [0.29, 0.717) is 11.4 Å². The first-order valence-electron chi connectivity index (χ1n) is 5.87. The number of amides is 2. The Kier molecular flexibility index (Phi) is 5.47. The van der Waals surface area contributed by atoms with Crippen molar-refractivity contribution in [3.05, 3.63) is 23.8 Å². The van der Waals surface area contributed by atoms with Crippen LogP contribution in [0.15, 0.2) is 18.2 Å². The molecule has 104 valence electrons. The third-order valence-corrected chi connectivity index (χ3v) is 2.43. The monoisotopic (exact) mass is 265 g/mol. The van der Waals surface area contributed by atoms with E-state index in [2.05, 4.69) is 10.6 Å². The summed E-state index contributed by atoms with van der Waals surface area (Å²) in [7, 11) is 1.47. The molecule has 0 fully saturated rings. The zero-order valence-electron chi connectivity index (χ0n) is 11.3. The van der Waals surface area contributed by atoms with Crippen LogP contribution in [0.1, 0.15) is 12.5 Å². The minimum Gasteiger partial charge on any atom is -0.383 e. The zero-order valence-corrected chi connectivity index (χ0v) is 11.3. The molecule has 6 heteroatoms. The number of hydrogen-bond donors (Lipinski definition) is 3. The van der Waals surface area contributed by atoms with Crippen LogP contribution in [0.2, 0.25) is 0 Å². The average Bonchev–Trinajstić information content (AvgIpc) is 2.32. The molecular weight excluding hydrogens is 246 g/mol. The Morgan fingerprint density at radius 3 is 2.58 bits per heavy atom. The van der Waals surface area contributed by atoms with Gasteiger partial charge >= 0.3 is 0 Å². The van der Waals surface area contributed by atoms with Crippen molar-refractivity contribution in [1.82, 2.24) is 0 Å². The molecule has 2 amide bonds. The van der Waals surface area contributed by atoms with Crippen molar-refractivity contribution in [2.75, 3.05) is 24.4 Å². The Hall–Kier alpha value is -1.92. The van der Waals surface area contributed by atoms with Gasteiger partial charge in [-0.1, -0.05) is 6.07 Å². The van der Waals surface area contributed by atoms with Gasteiger partial charge in [0.25, 0.3) is 0 Å². The minimum absolute atomic E-state index is 0.132. The Labute approximate surface area is 112 Å². The summed E-state index contributed by atoms with van der Waals surface area (Å²) >= 11 is 0. The van der Waals surface area contributed by atoms with E-state index in [-0.39, 0.29) is 18.4 Å². The summed E-state index contributed by atoms with van der Waals surface area (Å²) in [6.07, 6.45) is 0. The molecule has 1 atom stereocenters. The standard InChI is InChI=1S/C13H19N3O3/c1-8-4-5-11(15-9(2)17)12(6-8)16-13(18)10(14)7-19-3/h4-6,10H,7,14H2,1-3H3,(H,15,17)(H,16,18). The molecule has 4 N–H and O–H groups in total. The second-order valence-electron chi connectivity index (χ2n) is 4.28. The van der Waals surface area contributed by atoms with E-state index in [1.807, 2.05) is 13.0 Å². The van der Waals surface area contributed by atoms with Crippen molar-refractivity contribution >= 4 is 23.2 Å². The summed E-state index contributed by atoms with van der Waals surface area (Å²) in [6.45, 7) is 3.43. The van der Waals surface area contributed by atoms with Crippen molar-refractivity contribution in [2.24, 2.45) is 5.73 Å². The molecule has 0 aromatic heterocycles. The molecule has 1 unspecified atom stereocenters. The fraction of sp³-hybridized carbons (Fsp3) is 0.385. The predicted molar refractivity (Wildman–Crippen MR) is 74.0 cm³/mol. The lowest BCUT2D eigenvalue weighted by molar-refractivity contribution is -0.118. The van der Waals surface area contributed by atoms with Crippen LogP contribution in [-0.2, 0) is 14.3 Å². The highest BCUT2D eigenvalue weighted by molar-refractivity contribution is 6.00. The van der Waals surface area contributed by atoms with Crippen LogP contribution in [0.25, 0.3) is 0 Å². The molecule has 0 radical (unpaired) electrons. The highest BCUT2D eigenvalue weighted by Gasteiger charge is 2.15. The molecule has 0 heterocycles. The number of anilines is 2. The number of aryl methyl sites for hydroxylation is 1. The number of ether oxygens (including phenoxy) is 1. The molecule has 0 aliphatic rings. The van der Waals surface area contributed by atoms with Crippen molar-refractivity contribution in [3.8, 4) is 0 Å². The van der Waals surface area contributed by atoms with Crippen molar-refractivity contribution in [2.45, 2.75) is 19.9 Å². The second kappa shape index (κ2) is 6.86. The molecule has 1 aromatic carbocycles. The van der Waals surface area contributed by atoms with E-state index in [0.717, 1.165) is 5.56 Å². The van der Waals surface area contributed by atoms with E-state index in [1.165, 1.54) is 14.0 Å². The fourth-order valence-corrected chi connectivity index (χ4v) is 1.54. The lowest BCUT2D eigenvalue weighted by Gasteiger charge is -2.15. The highest BCUT2D eigenvalue weighted by atomic mass is 16.5. The first-order valence-corrected chi connectivity index (χ1v) is 5.87. The van der Waals surface area contributed by atoms with Gasteiger partial charge in [0.2, 0.25) is 11.8 Å². The van der Waals surface area contributed by atoms with Gasteiger partial charge in [0.05, 0.1) is 18.0 Å². The van der Waals surface area contributed by atoms with Crippen molar-refractivity contribution < 1.29 is 14.3 Å². The largest absolute Gasteiger partial charge is 0.383 e. The maximum absolute atomic E-state index is 11.8. The van der Waals surface area contributed by atoms with E-state index < -0.39 is 6.04 Å². The summed E-state index contributed by atoms with van der Waals surface area (Å²) in [5.74, 6) is -0.570. The number of rotatable bonds is 5. The van der Waals surface area contributed by atoms with Crippen LogP contribution in [0, 0.1) is 6.92 Å². The van der Waals surface area contributed by atoms with Gasteiger partial charge in [0.15, 0.2) is 0 Å². The summed E-state index contributed by atoms with van der Waals surface area (Å²) in [6, 6.07) is 4.59. The smallest absolute Gasteiger partial charge is 0.243 e. The molecule has 0 aliphatic carbocycles. The highest BCUT2D eigenvalue weighted by Crippen LogP contribution is 2.23. The van der Waals surface area contributed by atoms with Crippen molar-refractivity contribution in [3.63, 3.8) is 0 Å². The predicted octanol–water partition coefficient (Wildman–Crippen LogP) is 0.866. The molecule has 1 rings (SSSR count). The van der Waals surface area contributed by atoms with Crippen LogP contribution in [0.4, 0.5) is 11.4 Å². The van der Waals surface area contributed by atoms with Crippen LogP contribution < -0.4 is 16.4 Å². The second-order valence-corrected chi connectivity index (χ2v) is 4.28. The molecule has 0 bridgehead atoms. The van der Waals surface area contributed by atoms with E-state index in [9.17, 15) is 9.59 Å². The molecule has 0 saturated heterocycles. The first-order chi connectivity index (χ1) is 8.93. The fourth-order valence-electron chi connectivity index (χ4n) is 1.54. The summed E-state index contributed by atoms with van der Waals surface area (Å²) < 4.78 is 4.83. The van der Waals surface area contributed by atoms with Gasteiger partial charge in [-0.05, 0) is 24.6 Å². The van der Waals surface area contributed by atoms with E-state index >= 15 is 0 Å². The topological polar surface area (TPSA) is 93.4 Å². The maximum atomic E-state index is 11.8. The molecular formula is C13H19N3O3. The van der Waals surface area contributed by atoms with Gasteiger partial charge < -0.3 is 21.1 Å². The number of hydrogen-bond acceptors (Lipinski definition) is 4. The van der Waals surface area contributed by atoms with E-state index in [1.54, 1.807) is 12.1 Å². The number of carbonyl (C=O) groups excluding carboxylic acids is 2. The minimum atomic E-state index is -0.754. The number of nitrogens with one attached hydrogen (secondary N) is 2. The van der Waals surface area contributed by atoms with Gasteiger partial charge in [0, 0.05) is 14.0 Å². The molecule has 19 heavy (non-hydrogen) atoms. The van der Waals surface area contributed by atoms with Gasteiger partial charge in [0.1, 0.15) is 6.04 Å². The zero-order chi connectivity index (χ0) is 14.4. The SMILES string of the molecule is COCC(N)C(=O)Nc1cc(C)ccc1NC(C)=O. The molecule has 0 saturated carbocycles. The van der Waals surface area contributed by atoms with E-state index in [4.69, 9.17) is 10.5 Å². The van der Waals surface area contributed by atoms with Crippen molar-refractivity contribution in [1.29, 1.82) is 0 Å². The summed E-state index contributed by atoms with van der Waals surface area (Å²) in [5.41, 5.74) is 7.66. The summed E-state index contributed by atoms with van der Waals surface area (Å²) in [5, 5.41) is 5.33. The average molecular weight is 265 g/mol. The van der Waals surface area contributed by atoms with Gasteiger partial charge in [-0.3, -0.25) is 9.59 Å². The quantitative estimate of drug-likeness (QED) is 0.736. The van der Waals surface area contributed by atoms with Gasteiger partial charge in [-0.25, -0.2) is 0 Å². The normalized spacial score (nSPS) is 11.8. The number of benzene rings is 1. The van der Waals surface area contributed by atoms with Crippen LogP contribution in [-0.4, -0.2) is 31.6 Å². The Bertz CT molecular complexity index is 474. The molecule has 0 aliphatic heterocycles. The third kappa shape index (κ3) is 4.69. The Balaban J connectivity index is 2.89. The van der Waals surface area contributed by atoms with Crippen LogP contribution in [0.5, 0.6) is 0 Å². The molecule has 0 spiro atoms. The summed E-state index contributed by atoms with van der Waals surface area (Å²) in [4.78, 5) is 22.9. The lowest BCUT2D eigenvalue weighted by Crippen LogP contribution is -2.39. The lowest BCUT2D eigenvalue weighted by atomic mass is 10.1. The Morgan fingerprint density at radius 2 is 2.00 bits per heavy atom. The molecule has 1 aromatic rings. The molecule has 6 nitrogen and oxygen atoms in total. The van der Waals surface area contributed by atoms with Crippen LogP contribution >= 0.6 is 0 Å². The van der Waals surface area contributed by atoms with Gasteiger partial charge in [-0.15, -0.1) is 0 Å². The number of methoxy groups -OCH3 is 1.